The number of nitro groups is 2. The lowest BCUT2D eigenvalue weighted by Gasteiger charge is -2.13. The fraction of sp³-hybridized carbons (Fsp3) is 0.214. The van der Waals surface area contributed by atoms with Crippen molar-refractivity contribution < 1.29 is 24.5 Å². The van der Waals surface area contributed by atoms with Gasteiger partial charge in [0.15, 0.2) is 0 Å². The maximum atomic E-state index is 12.3. The van der Waals surface area contributed by atoms with Gasteiger partial charge in [-0.05, 0) is 13.8 Å². The van der Waals surface area contributed by atoms with Crippen LogP contribution in [0, 0.1) is 27.2 Å². The molecule has 0 radical (unpaired) electrons. The summed E-state index contributed by atoms with van der Waals surface area (Å²) in [6.45, 7) is 2.66. The van der Waals surface area contributed by atoms with E-state index in [-0.39, 0.29) is 16.8 Å². The van der Waals surface area contributed by atoms with Crippen LogP contribution in [0.5, 0.6) is 0 Å². The van der Waals surface area contributed by atoms with Gasteiger partial charge in [-0.3, -0.25) is 29.7 Å². The molecular weight excluding hydrogens is 350 g/mol. The first-order valence-corrected chi connectivity index (χ1v) is 7.13. The Balaban J connectivity index is 2.31. The van der Waals surface area contributed by atoms with Gasteiger partial charge in [-0.15, -0.1) is 0 Å². The molecule has 0 spiro atoms. The summed E-state index contributed by atoms with van der Waals surface area (Å²) in [7, 11) is 0. The van der Waals surface area contributed by atoms with Crippen molar-refractivity contribution in [1.29, 1.82) is 0 Å². The van der Waals surface area contributed by atoms with Gasteiger partial charge in [0.25, 0.3) is 11.4 Å². The molecule has 0 bridgehead atoms. The Labute approximate surface area is 145 Å². The van der Waals surface area contributed by atoms with Gasteiger partial charge in [0.2, 0.25) is 5.91 Å². The van der Waals surface area contributed by atoms with Crippen LogP contribution in [-0.2, 0) is 4.79 Å². The van der Waals surface area contributed by atoms with Crippen LogP contribution in [0.1, 0.15) is 28.9 Å². The fourth-order valence-corrected chi connectivity index (χ4v) is 2.16. The lowest BCUT2D eigenvalue weighted by molar-refractivity contribution is -0.395. The third-order valence-electron chi connectivity index (χ3n) is 3.64. The van der Waals surface area contributed by atoms with Crippen molar-refractivity contribution in [2.75, 3.05) is 5.32 Å². The minimum atomic E-state index is -1.21. The number of carbonyl (C=O) groups is 2. The second-order valence-electron chi connectivity index (χ2n) is 5.33. The fourth-order valence-electron chi connectivity index (χ4n) is 2.16. The van der Waals surface area contributed by atoms with E-state index in [1.54, 1.807) is 0 Å². The summed E-state index contributed by atoms with van der Waals surface area (Å²) in [5.41, 5.74) is -1.39. The monoisotopic (exact) mass is 363 g/mol. The first-order chi connectivity index (χ1) is 12.1. The van der Waals surface area contributed by atoms with Crippen LogP contribution in [0.15, 0.2) is 24.5 Å². The summed E-state index contributed by atoms with van der Waals surface area (Å²) in [6.07, 6.45) is 2.21. The molecule has 26 heavy (non-hydrogen) atoms. The van der Waals surface area contributed by atoms with E-state index in [1.807, 2.05) is 0 Å². The summed E-state index contributed by atoms with van der Waals surface area (Å²) < 4.78 is 1.09. The van der Waals surface area contributed by atoms with Gasteiger partial charge in [-0.1, -0.05) is 0 Å². The molecule has 136 valence electrons. The number of carboxylic acids is 1. The van der Waals surface area contributed by atoms with Crippen molar-refractivity contribution >= 4 is 28.9 Å². The van der Waals surface area contributed by atoms with Crippen molar-refractivity contribution in [2.45, 2.75) is 19.9 Å². The Morgan fingerprint density at radius 1 is 1.23 bits per heavy atom. The Bertz CT molecular complexity index is 885. The maximum absolute atomic E-state index is 12.3. The molecule has 1 atom stereocenters. The number of carboxylic acid groups (broad SMARTS) is 1. The number of nitrogens with one attached hydrogen (secondary N) is 1. The Kier molecular flexibility index (Phi) is 4.96. The Morgan fingerprint density at radius 3 is 2.19 bits per heavy atom. The predicted molar refractivity (Wildman–Crippen MR) is 87.0 cm³/mol. The number of carbonyl (C=O) groups excluding carboxylic acids is 1. The molecule has 2 aromatic rings. The summed E-state index contributed by atoms with van der Waals surface area (Å²) >= 11 is 0. The molecule has 0 saturated heterocycles. The Morgan fingerprint density at radius 2 is 1.77 bits per heavy atom. The van der Waals surface area contributed by atoms with E-state index in [1.165, 1.54) is 13.8 Å². The molecule has 1 aromatic heterocycles. The average molecular weight is 363 g/mol. The maximum Gasteiger partial charge on any atom is 0.338 e. The van der Waals surface area contributed by atoms with Gasteiger partial charge in [0, 0.05) is 18.3 Å². The number of hydrogen-bond donors (Lipinski definition) is 2. The molecule has 2 N–H and O–H groups in total. The van der Waals surface area contributed by atoms with Crippen LogP contribution in [0.2, 0.25) is 0 Å². The van der Waals surface area contributed by atoms with Gasteiger partial charge >= 0.3 is 5.97 Å². The molecule has 0 fully saturated rings. The molecule has 12 nitrogen and oxygen atoms in total. The summed E-state index contributed by atoms with van der Waals surface area (Å²) in [4.78, 5) is 43.7. The molecule has 1 unspecified atom stereocenters. The summed E-state index contributed by atoms with van der Waals surface area (Å²) in [5, 5.41) is 37.1. The first-order valence-electron chi connectivity index (χ1n) is 7.13. The van der Waals surface area contributed by atoms with E-state index in [9.17, 15) is 29.8 Å². The smallest absolute Gasteiger partial charge is 0.338 e. The van der Waals surface area contributed by atoms with Crippen molar-refractivity contribution in [3.63, 3.8) is 0 Å². The Hall–Kier alpha value is -3.83. The van der Waals surface area contributed by atoms with E-state index in [2.05, 4.69) is 10.4 Å². The highest BCUT2D eigenvalue weighted by Gasteiger charge is 2.25. The number of amides is 1. The number of nitrogens with zero attached hydrogens (tertiary/aromatic N) is 4. The van der Waals surface area contributed by atoms with E-state index < -0.39 is 39.1 Å². The van der Waals surface area contributed by atoms with E-state index >= 15 is 0 Å². The standard InChI is InChI=1S/C14H13N5O7/c1-7-11(18(23)24)3-10(4-12(7)19(25)26)16-13(20)8(2)17-6-9(5-15-17)14(21)22/h3-6,8H,1-2H3,(H,16,20)(H,21,22). The van der Waals surface area contributed by atoms with Gasteiger partial charge in [0.05, 0.1) is 27.3 Å². The highest BCUT2D eigenvalue weighted by Crippen LogP contribution is 2.32. The van der Waals surface area contributed by atoms with Gasteiger partial charge in [-0.2, -0.15) is 5.10 Å². The number of rotatable bonds is 6. The van der Waals surface area contributed by atoms with Crippen LogP contribution in [-0.4, -0.2) is 36.6 Å². The third kappa shape index (κ3) is 3.63. The van der Waals surface area contributed by atoms with Gasteiger partial charge < -0.3 is 10.4 Å². The number of benzene rings is 1. The van der Waals surface area contributed by atoms with Crippen molar-refractivity contribution in [3.8, 4) is 0 Å². The van der Waals surface area contributed by atoms with Crippen molar-refractivity contribution in [2.24, 2.45) is 0 Å². The zero-order valence-electron chi connectivity index (χ0n) is 13.6. The van der Waals surface area contributed by atoms with E-state index in [0.717, 1.165) is 29.2 Å². The van der Waals surface area contributed by atoms with Crippen LogP contribution in [0.25, 0.3) is 0 Å². The minimum Gasteiger partial charge on any atom is -0.478 e. The highest BCUT2D eigenvalue weighted by molar-refractivity contribution is 5.94. The van der Waals surface area contributed by atoms with E-state index in [0.29, 0.717) is 0 Å². The molecule has 1 amide bonds. The molecule has 1 aromatic carbocycles. The lowest BCUT2D eigenvalue weighted by atomic mass is 10.1. The van der Waals surface area contributed by atoms with Crippen LogP contribution >= 0.6 is 0 Å². The summed E-state index contributed by atoms with van der Waals surface area (Å²) in [5.74, 6) is -1.90. The molecule has 2 rings (SSSR count). The number of nitro benzene ring substituents is 2. The van der Waals surface area contributed by atoms with Gasteiger partial charge in [0.1, 0.15) is 11.6 Å². The first kappa shape index (κ1) is 18.5. The molecule has 0 aliphatic rings. The van der Waals surface area contributed by atoms with Crippen molar-refractivity contribution in [3.05, 3.63) is 55.9 Å². The number of aromatic carboxylic acids is 1. The molecule has 0 saturated carbocycles. The van der Waals surface area contributed by atoms with Crippen molar-refractivity contribution in [1.82, 2.24) is 9.78 Å². The molecule has 1 heterocycles. The SMILES string of the molecule is Cc1c([N+](=O)[O-])cc(NC(=O)C(C)n2cc(C(=O)O)cn2)cc1[N+](=O)[O-]. The normalized spacial score (nSPS) is 11.6. The lowest BCUT2D eigenvalue weighted by Crippen LogP contribution is -2.24. The number of hydrogen-bond acceptors (Lipinski definition) is 7. The predicted octanol–water partition coefficient (Wildman–Crippen LogP) is 1.91. The summed E-state index contributed by atoms with van der Waals surface area (Å²) in [6, 6.07) is 1.07. The third-order valence-corrected chi connectivity index (χ3v) is 3.64. The second kappa shape index (κ2) is 6.96. The molecule has 0 aliphatic carbocycles. The van der Waals surface area contributed by atoms with Crippen LogP contribution < -0.4 is 5.32 Å². The van der Waals surface area contributed by atoms with Crippen LogP contribution in [0.3, 0.4) is 0 Å². The minimum absolute atomic E-state index is 0.119. The zero-order valence-corrected chi connectivity index (χ0v) is 13.6. The topological polar surface area (TPSA) is 170 Å². The molecular formula is C14H13N5O7. The zero-order chi connectivity index (χ0) is 19.6. The number of anilines is 1. The highest BCUT2D eigenvalue weighted by atomic mass is 16.6. The largest absolute Gasteiger partial charge is 0.478 e. The second-order valence-corrected chi connectivity index (χ2v) is 5.33. The quantitative estimate of drug-likeness (QED) is 0.578. The average Bonchev–Trinajstić information content (AvgIpc) is 3.05. The van der Waals surface area contributed by atoms with E-state index in [4.69, 9.17) is 5.11 Å². The molecule has 0 aliphatic heterocycles. The number of aromatic nitrogens is 2. The molecule has 12 heteroatoms. The van der Waals surface area contributed by atoms with Crippen LogP contribution in [0.4, 0.5) is 17.1 Å². The van der Waals surface area contributed by atoms with Gasteiger partial charge in [-0.25, -0.2) is 4.79 Å².